The van der Waals surface area contributed by atoms with Crippen LogP contribution < -0.4 is 10.3 Å². The van der Waals surface area contributed by atoms with Crippen LogP contribution >= 0.6 is 34.8 Å². The highest BCUT2D eigenvalue weighted by atomic mass is 35.5. The Labute approximate surface area is 195 Å². The van der Waals surface area contributed by atoms with Gasteiger partial charge in [0.2, 0.25) is 0 Å². The lowest BCUT2D eigenvalue weighted by Crippen LogP contribution is -2.09. The standard InChI is InChI=1S/C24H17Cl3N4/c25-21-15-22(26)24(29-23(21)27)30-28-16-17-11-13-20(14-12-17)31(18-7-3-1-4-8-18)19-9-5-2-6-10-19/h1-16H,(H,29,30). The Hall–Kier alpha value is -3.05. The van der Waals surface area contributed by atoms with E-state index in [-0.39, 0.29) is 10.2 Å². The van der Waals surface area contributed by atoms with Gasteiger partial charge < -0.3 is 4.90 Å². The lowest BCUT2D eigenvalue weighted by atomic mass is 10.1. The molecule has 0 unspecified atom stereocenters. The maximum atomic E-state index is 6.11. The van der Waals surface area contributed by atoms with Gasteiger partial charge in [-0.1, -0.05) is 83.3 Å². The van der Waals surface area contributed by atoms with Crippen molar-refractivity contribution in [2.24, 2.45) is 5.10 Å². The number of nitrogens with one attached hydrogen (secondary N) is 1. The Balaban J connectivity index is 1.55. The zero-order valence-electron chi connectivity index (χ0n) is 16.2. The fourth-order valence-corrected chi connectivity index (χ4v) is 3.54. The zero-order chi connectivity index (χ0) is 21.6. The Kier molecular flexibility index (Phi) is 6.73. The number of nitrogens with zero attached hydrogens (tertiary/aromatic N) is 3. The Morgan fingerprint density at radius 1 is 0.710 bits per heavy atom. The number of rotatable bonds is 6. The number of halogens is 3. The van der Waals surface area contributed by atoms with E-state index in [0.29, 0.717) is 10.8 Å². The van der Waals surface area contributed by atoms with Crippen molar-refractivity contribution in [3.8, 4) is 0 Å². The number of hydrogen-bond acceptors (Lipinski definition) is 4. The van der Waals surface area contributed by atoms with Crippen LogP contribution in [0.3, 0.4) is 0 Å². The lowest BCUT2D eigenvalue weighted by Gasteiger charge is -2.25. The third-order valence-electron chi connectivity index (χ3n) is 4.45. The van der Waals surface area contributed by atoms with Gasteiger partial charge in [-0.25, -0.2) is 4.98 Å². The van der Waals surface area contributed by atoms with Crippen molar-refractivity contribution < 1.29 is 0 Å². The molecule has 0 aliphatic carbocycles. The van der Waals surface area contributed by atoms with Gasteiger partial charge in [-0.15, -0.1) is 0 Å². The molecule has 0 aliphatic heterocycles. The first-order chi connectivity index (χ1) is 15.1. The summed E-state index contributed by atoms with van der Waals surface area (Å²) in [7, 11) is 0. The van der Waals surface area contributed by atoms with E-state index in [1.165, 1.54) is 6.07 Å². The molecule has 0 atom stereocenters. The van der Waals surface area contributed by atoms with Crippen LogP contribution in [-0.4, -0.2) is 11.2 Å². The van der Waals surface area contributed by atoms with Gasteiger partial charge in [-0.3, -0.25) is 5.43 Å². The molecule has 7 heteroatoms. The Morgan fingerprint density at radius 2 is 1.26 bits per heavy atom. The summed E-state index contributed by atoms with van der Waals surface area (Å²) < 4.78 is 0. The highest BCUT2D eigenvalue weighted by Gasteiger charge is 2.11. The van der Waals surface area contributed by atoms with Gasteiger partial charge in [0, 0.05) is 17.1 Å². The van der Waals surface area contributed by atoms with Gasteiger partial charge in [-0.05, 0) is 48.0 Å². The van der Waals surface area contributed by atoms with Crippen LogP contribution in [0.1, 0.15) is 5.56 Å². The molecule has 3 aromatic carbocycles. The Bertz CT molecular complexity index is 1140. The molecule has 0 radical (unpaired) electrons. The minimum atomic E-state index is 0.162. The fourth-order valence-electron chi connectivity index (χ4n) is 3.00. The summed E-state index contributed by atoms with van der Waals surface area (Å²) in [6.45, 7) is 0. The second kappa shape index (κ2) is 9.84. The molecule has 4 aromatic rings. The molecule has 4 nitrogen and oxygen atoms in total. The maximum Gasteiger partial charge on any atom is 0.166 e. The van der Waals surface area contributed by atoms with E-state index in [1.54, 1.807) is 6.21 Å². The molecule has 0 saturated carbocycles. The number of aromatic nitrogens is 1. The van der Waals surface area contributed by atoms with Crippen LogP contribution in [0.2, 0.25) is 15.2 Å². The van der Waals surface area contributed by atoms with Crippen LogP contribution in [-0.2, 0) is 0 Å². The zero-order valence-corrected chi connectivity index (χ0v) is 18.5. The minimum Gasteiger partial charge on any atom is -0.311 e. The van der Waals surface area contributed by atoms with Gasteiger partial charge in [0.15, 0.2) is 5.82 Å². The molecule has 0 amide bonds. The van der Waals surface area contributed by atoms with Crippen molar-refractivity contribution in [1.29, 1.82) is 0 Å². The van der Waals surface area contributed by atoms with Crippen molar-refractivity contribution >= 4 is 63.9 Å². The molecule has 1 aromatic heterocycles. The van der Waals surface area contributed by atoms with Crippen molar-refractivity contribution in [2.75, 3.05) is 10.3 Å². The van der Waals surface area contributed by atoms with Crippen molar-refractivity contribution in [3.05, 3.63) is 112 Å². The normalized spacial score (nSPS) is 10.9. The van der Waals surface area contributed by atoms with Crippen molar-refractivity contribution in [1.82, 2.24) is 4.98 Å². The van der Waals surface area contributed by atoms with Gasteiger partial charge in [0.25, 0.3) is 0 Å². The summed E-state index contributed by atoms with van der Waals surface area (Å²) in [5.74, 6) is 0.336. The van der Waals surface area contributed by atoms with Crippen LogP contribution in [0.25, 0.3) is 0 Å². The first-order valence-corrected chi connectivity index (χ1v) is 10.6. The van der Waals surface area contributed by atoms with E-state index in [4.69, 9.17) is 34.8 Å². The highest BCUT2D eigenvalue weighted by molar-refractivity contribution is 6.42. The number of para-hydroxylation sites is 2. The average molecular weight is 468 g/mol. The SMILES string of the molecule is Clc1cc(Cl)c(NN=Cc2ccc(N(c3ccccc3)c3ccccc3)cc2)nc1Cl. The first-order valence-electron chi connectivity index (χ1n) is 9.43. The van der Waals surface area contributed by atoms with E-state index in [0.717, 1.165) is 22.6 Å². The predicted molar refractivity (Wildman–Crippen MR) is 132 cm³/mol. The van der Waals surface area contributed by atoms with Crippen molar-refractivity contribution in [2.45, 2.75) is 0 Å². The molecule has 0 aliphatic rings. The monoisotopic (exact) mass is 466 g/mol. The molecular weight excluding hydrogens is 451 g/mol. The molecule has 0 bridgehead atoms. The molecule has 31 heavy (non-hydrogen) atoms. The lowest BCUT2D eigenvalue weighted by molar-refractivity contribution is 1.23. The quantitative estimate of drug-likeness (QED) is 0.178. The molecule has 0 saturated heterocycles. The van der Waals surface area contributed by atoms with Gasteiger partial charge in [0.05, 0.1) is 16.3 Å². The van der Waals surface area contributed by atoms with Crippen molar-refractivity contribution in [3.63, 3.8) is 0 Å². The fraction of sp³-hybridized carbons (Fsp3) is 0. The van der Waals surface area contributed by atoms with E-state index in [2.05, 4.69) is 44.7 Å². The molecular formula is C24H17Cl3N4. The molecule has 0 fully saturated rings. The molecule has 0 spiro atoms. The molecule has 1 heterocycles. The smallest absolute Gasteiger partial charge is 0.166 e. The summed E-state index contributed by atoms with van der Waals surface area (Å²) in [6.07, 6.45) is 1.68. The third kappa shape index (κ3) is 5.17. The largest absolute Gasteiger partial charge is 0.311 e. The molecule has 4 rings (SSSR count). The Morgan fingerprint density at radius 3 is 1.84 bits per heavy atom. The third-order valence-corrected chi connectivity index (χ3v) is 5.41. The summed E-state index contributed by atoms with van der Waals surface area (Å²) in [5, 5.41) is 4.99. The minimum absolute atomic E-state index is 0.162. The number of benzene rings is 3. The highest BCUT2D eigenvalue weighted by Crippen LogP contribution is 2.34. The van der Waals surface area contributed by atoms with Crippen LogP contribution in [0.15, 0.2) is 96.1 Å². The van der Waals surface area contributed by atoms with Crippen LogP contribution in [0, 0.1) is 0 Å². The summed E-state index contributed by atoms with van der Waals surface area (Å²) in [4.78, 5) is 6.27. The van der Waals surface area contributed by atoms with E-state index < -0.39 is 0 Å². The summed E-state index contributed by atoms with van der Waals surface area (Å²) in [6, 6.07) is 30.1. The number of hydrazone groups is 1. The van der Waals surface area contributed by atoms with Crippen LogP contribution in [0.5, 0.6) is 0 Å². The summed E-state index contributed by atoms with van der Waals surface area (Å²) >= 11 is 17.9. The number of hydrogen-bond donors (Lipinski definition) is 1. The number of anilines is 4. The molecule has 1 N–H and O–H groups in total. The van der Waals surface area contributed by atoms with Gasteiger partial charge >= 0.3 is 0 Å². The topological polar surface area (TPSA) is 40.5 Å². The maximum absolute atomic E-state index is 6.11. The van der Waals surface area contributed by atoms with E-state index >= 15 is 0 Å². The number of pyridine rings is 1. The van der Waals surface area contributed by atoms with Crippen LogP contribution in [0.4, 0.5) is 22.9 Å². The predicted octanol–water partition coefficient (Wildman–Crippen LogP) is 7.96. The second-order valence-electron chi connectivity index (χ2n) is 6.56. The molecule has 154 valence electrons. The summed E-state index contributed by atoms with van der Waals surface area (Å²) in [5.41, 5.74) is 6.90. The first kappa shape index (κ1) is 21.2. The van der Waals surface area contributed by atoms with Gasteiger partial charge in [0.1, 0.15) is 5.15 Å². The second-order valence-corrected chi connectivity index (χ2v) is 7.73. The van der Waals surface area contributed by atoms with E-state index in [1.807, 2.05) is 60.7 Å². The average Bonchev–Trinajstić information content (AvgIpc) is 2.80. The van der Waals surface area contributed by atoms with Gasteiger partial charge in [-0.2, -0.15) is 5.10 Å². The van der Waals surface area contributed by atoms with E-state index in [9.17, 15) is 0 Å².